The maximum absolute atomic E-state index is 10.6. The molecule has 0 aromatic heterocycles. The highest BCUT2D eigenvalue weighted by atomic mass is 35.5. The number of hydrogen-bond acceptors (Lipinski definition) is 3. The zero-order chi connectivity index (χ0) is 11.4. The molecule has 16 heavy (non-hydrogen) atoms. The van der Waals surface area contributed by atoms with Crippen LogP contribution in [0.1, 0.15) is 16.8 Å². The van der Waals surface area contributed by atoms with Crippen LogP contribution in [0, 0.1) is 0 Å². The summed E-state index contributed by atoms with van der Waals surface area (Å²) in [6.07, 6.45) is 1.81. The van der Waals surface area contributed by atoms with E-state index in [1.54, 1.807) is 12.1 Å². The highest BCUT2D eigenvalue weighted by Crippen LogP contribution is 2.27. The Hall–Kier alpha value is -1.06. The van der Waals surface area contributed by atoms with Gasteiger partial charge in [0.2, 0.25) is 0 Å². The van der Waals surface area contributed by atoms with Crippen molar-refractivity contribution in [3.8, 4) is 0 Å². The van der Waals surface area contributed by atoms with Crippen LogP contribution in [0.15, 0.2) is 18.2 Å². The Kier molecular flexibility index (Phi) is 3.80. The lowest BCUT2D eigenvalue weighted by Crippen LogP contribution is -2.26. The van der Waals surface area contributed by atoms with Crippen LogP contribution < -0.4 is 4.90 Å². The third kappa shape index (κ3) is 2.54. The third-order valence-corrected chi connectivity index (χ3v) is 2.97. The lowest BCUT2D eigenvalue weighted by molar-refractivity contribution is 0.112. The normalized spacial score (nSPS) is 16.9. The van der Waals surface area contributed by atoms with Gasteiger partial charge in [0.05, 0.1) is 17.3 Å². The molecule has 1 aromatic rings. The van der Waals surface area contributed by atoms with Crippen LogP contribution in [0.2, 0.25) is 5.02 Å². The van der Waals surface area contributed by atoms with Crippen molar-refractivity contribution in [2.45, 2.75) is 6.42 Å². The summed E-state index contributed by atoms with van der Waals surface area (Å²) in [4.78, 5) is 12.8. The first-order valence-corrected chi connectivity index (χ1v) is 5.76. The van der Waals surface area contributed by atoms with E-state index in [4.69, 9.17) is 16.3 Å². The number of aldehydes is 1. The molecular weight excluding hydrogens is 226 g/mol. The monoisotopic (exact) mass is 239 g/mol. The summed E-state index contributed by atoms with van der Waals surface area (Å²) < 4.78 is 5.39. The van der Waals surface area contributed by atoms with Gasteiger partial charge in [0, 0.05) is 25.3 Å². The Labute approximate surface area is 100.0 Å². The fourth-order valence-electron chi connectivity index (χ4n) is 1.84. The number of ether oxygens (including phenoxy) is 1. The van der Waals surface area contributed by atoms with Gasteiger partial charge in [-0.1, -0.05) is 11.6 Å². The van der Waals surface area contributed by atoms with E-state index < -0.39 is 0 Å². The summed E-state index contributed by atoms with van der Waals surface area (Å²) in [6, 6.07) is 5.40. The van der Waals surface area contributed by atoms with Gasteiger partial charge in [0.1, 0.15) is 6.29 Å². The predicted molar refractivity (Wildman–Crippen MR) is 64.5 cm³/mol. The molecule has 1 aliphatic heterocycles. The number of hydrogen-bond donors (Lipinski definition) is 0. The quantitative estimate of drug-likeness (QED) is 0.743. The van der Waals surface area contributed by atoms with Crippen molar-refractivity contribution in [2.75, 3.05) is 31.2 Å². The minimum atomic E-state index is 0.611. The Morgan fingerprint density at radius 1 is 1.31 bits per heavy atom. The average Bonchev–Trinajstić information content (AvgIpc) is 2.57. The highest BCUT2D eigenvalue weighted by molar-refractivity contribution is 6.33. The van der Waals surface area contributed by atoms with Crippen LogP contribution in [0.3, 0.4) is 0 Å². The molecule has 4 heteroatoms. The number of rotatable bonds is 2. The standard InChI is InChI=1S/C12H14ClNO2/c13-11-8-10(9-15)2-3-12(11)14-4-1-6-16-7-5-14/h2-3,8-9H,1,4-7H2. The van der Waals surface area contributed by atoms with Crippen molar-refractivity contribution in [3.63, 3.8) is 0 Å². The van der Waals surface area contributed by atoms with Crippen LogP contribution in [-0.2, 0) is 4.74 Å². The molecule has 0 atom stereocenters. The Bertz CT molecular complexity index is 373. The third-order valence-electron chi connectivity index (χ3n) is 2.67. The van der Waals surface area contributed by atoms with Crippen LogP contribution in [0.4, 0.5) is 5.69 Å². The minimum Gasteiger partial charge on any atom is -0.380 e. The molecule has 1 aliphatic rings. The highest BCUT2D eigenvalue weighted by Gasteiger charge is 2.13. The van der Waals surface area contributed by atoms with E-state index in [2.05, 4.69) is 4.90 Å². The average molecular weight is 240 g/mol. The zero-order valence-electron chi connectivity index (χ0n) is 8.99. The molecule has 86 valence electrons. The maximum Gasteiger partial charge on any atom is 0.150 e. The molecule has 0 amide bonds. The smallest absolute Gasteiger partial charge is 0.150 e. The second-order valence-electron chi connectivity index (χ2n) is 3.78. The number of carbonyl (C=O) groups is 1. The molecule has 1 fully saturated rings. The summed E-state index contributed by atoms with van der Waals surface area (Å²) in [5, 5.41) is 0.631. The Morgan fingerprint density at radius 3 is 2.94 bits per heavy atom. The first kappa shape index (κ1) is 11.4. The van der Waals surface area contributed by atoms with Crippen LogP contribution >= 0.6 is 11.6 Å². The fraction of sp³-hybridized carbons (Fsp3) is 0.417. The van der Waals surface area contributed by atoms with Crippen molar-refractivity contribution in [1.82, 2.24) is 0 Å². The molecule has 1 saturated heterocycles. The van der Waals surface area contributed by atoms with E-state index in [1.165, 1.54) is 0 Å². The molecule has 0 unspecified atom stereocenters. The second-order valence-corrected chi connectivity index (χ2v) is 4.19. The van der Waals surface area contributed by atoms with Gasteiger partial charge in [-0.25, -0.2) is 0 Å². The first-order valence-electron chi connectivity index (χ1n) is 5.38. The molecule has 0 spiro atoms. The number of nitrogens with zero attached hydrogens (tertiary/aromatic N) is 1. The second kappa shape index (κ2) is 5.32. The molecule has 3 nitrogen and oxygen atoms in total. The zero-order valence-corrected chi connectivity index (χ0v) is 9.74. The fourth-order valence-corrected chi connectivity index (χ4v) is 2.15. The summed E-state index contributed by atoms with van der Waals surface area (Å²) in [7, 11) is 0. The first-order chi connectivity index (χ1) is 7.81. The van der Waals surface area contributed by atoms with Crippen molar-refractivity contribution in [3.05, 3.63) is 28.8 Å². The summed E-state index contributed by atoms with van der Waals surface area (Å²) >= 11 is 6.15. The molecule has 0 saturated carbocycles. The van der Waals surface area contributed by atoms with Gasteiger partial charge < -0.3 is 9.64 Å². The van der Waals surface area contributed by atoms with Crippen molar-refractivity contribution >= 4 is 23.6 Å². The lowest BCUT2D eigenvalue weighted by Gasteiger charge is -2.23. The molecule has 1 aromatic carbocycles. The van der Waals surface area contributed by atoms with Gasteiger partial charge in [-0.3, -0.25) is 4.79 Å². The largest absolute Gasteiger partial charge is 0.380 e. The van der Waals surface area contributed by atoms with Crippen LogP contribution in [-0.4, -0.2) is 32.6 Å². The molecule has 0 radical (unpaired) electrons. The Morgan fingerprint density at radius 2 is 2.19 bits per heavy atom. The maximum atomic E-state index is 10.6. The topological polar surface area (TPSA) is 29.5 Å². The van der Waals surface area contributed by atoms with E-state index in [0.717, 1.165) is 44.7 Å². The van der Waals surface area contributed by atoms with Crippen molar-refractivity contribution in [2.24, 2.45) is 0 Å². The van der Waals surface area contributed by atoms with Crippen LogP contribution in [0.25, 0.3) is 0 Å². The summed E-state index contributed by atoms with van der Waals surface area (Å²) in [5.41, 5.74) is 1.59. The Balaban J connectivity index is 2.21. The molecular formula is C12H14ClNO2. The van der Waals surface area contributed by atoms with E-state index in [-0.39, 0.29) is 0 Å². The van der Waals surface area contributed by atoms with E-state index in [1.807, 2.05) is 6.07 Å². The van der Waals surface area contributed by atoms with Gasteiger partial charge in [-0.05, 0) is 24.6 Å². The van der Waals surface area contributed by atoms with E-state index >= 15 is 0 Å². The summed E-state index contributed by atoms with van der Waals surface area (Å²) in [6.45, 7) is 3.33. The van der Waals surface area contributed by atoms with E-state index in [0.29, 0.717) is 10.6 Å². The lowest BCUT2D eigenvalue weighted by atomic mass is 10.2. The number of halogens is 1. The molecule has 2 rings (SSSR count). The van der Waals surface area contributed by atoms with Gasteiger partial charge in [-0.2, -0.15) is 0 Å². The number of benzene rings is 1. The van der Waals surface area contributed by atoms with Gasteiger partial charge in [0.15, 0.2) is 0 Å². The van der Waals surface area contributed by atoms with Gasteiger partial charge in [-0.15, -0.1) is 0 Å². The van der Waals surface area contributed by atoms with Gasteiger partial charge in [0.25, 0.3) is 0 Å². The number of anilines is 1. The van der Waals surface area contributed by atoms with Gasteiger partial charge >= 0.3 is 0 Å². The predicted octanol–water partition coefficient (Wildman–Crippen LogP) is 2.38. The molecule has 1 heterocycles. The molecule has 0 N–H and O–H groups in total. The molecule has 0 bridgehead atoms. The van der Waals surface area contributed by atoms with Crippen LogP contribution in [0.5, 0.6) is 0 Å². The van der Waals surface area contributed by atoms with Crippen molar-refractivity contribution < 1.29 is 9.53 Å². The minimum absolute atomic E-state index is 0.611. The summed E-state index contributed by atoms with van der Waals surface area (Å²) in [5.74, 6) is 0. The number of carbonyl (C=O) groups excluding carboxylic acids is 1. The van der Waals surface area contributed by atoms with Crippen molar-refractivity contribution in [1.29, 1.82) is 0 Å². The van der Waals surface area contributed by atoms with E-state index in [9.17, 15) is 4.79 Å². The SMILES string of the molecule is O=Cc1ccc(N2CCCOCC2)c(Cl)c1. The molecule has 0 aliphatic carbocycles.